The largest absolute Gasteiger partial charge is 0.444 e. The molecule has 0 aliphatic heterocycles. The fraction of sp³-hybridized carbons (Fsp3) is 0.476. The van der Waals surface area contributed by atoms with Crippen LogP contribution in [0.5, 0.6) is 5.75 Å². The number of carbonyl (C=O) groups excluding carboxylic acids is 2. The van der Waals surface area contributed by atoms with Crippen molar-refractivity contribution < 1.29 is 23.5 Å². The molecule has 0 bridgehead atoms. The molecule has 1 aromatic heterocycles. The van der Waals surface area contributed by atoms with E-state index in [2.05, 4.69) is 5.32 Å². The molecule has 0 radical (unpaired) electrons. The van der Waals surface area contributed by atoms with Gasteiger partial charge in [-0.15, -0.1) is 0 Å². The highest BCUT2D eigenvalue weighted by molar-refractivity contribution is 5.83. The van der Waals surface area contributed by atoms with E-state index in [1.54, 1.807) is 39.8 Å². The van der Waals surface area contributed by atoms with E-state index >= 15 is 0 Å². The average molecular weight is 404 g/mol. The summed E-state index contributed by atoms with van der Waals surface area (Å²) in [6, 6.07) is 5.46. The van der Waals surface area contributed by atoms with Gasteiger partial charge in [0.15, 0.2) is 0 Å². The summed E-state index contributed by atoms with van der Waals surface area (Å²) in [4.78, 5) is 35.2. The van der Waals surface area contributed by atoms with E-state index in [-0.39, 0.29) is 5.75 Å². The van der Waals surface area contributed by atoms with Crippen LogP contribution in [-0.4, -0.2) is 30.3 Å². The summed E-state index contributed by atoms with van der Waals surface area (Å²) in [5, 5.41) is 3.42. The molecule has 3 N–H and O–H groups in total. The highest BCUT2D eigenvalue weighted by Gasteiger charge is 2.17. The van der Waals surface area contributed by atoms with Crippen molar-refractivity contribution >= 4 is 23.0 Å². The molecule has 0 spiro atoms. The van der Waals surface area contributed by atoms with Crippen LogP contribution in [0, 0.1) is 6.92 Å². The van der Waals surface area contributed by atoms with Crippen molar-refractivity contribution in [1.82, 2.24) is 5.32 Å². The molecule has 158 valence electrons. The number of fused-ring (bicyclic) bond motifs is 1. The second-order valence-corrected chi connectivity index (χ2v) is 7.86. The monoisotopic (exact) mass is 404 g/mol. The molecule has 0 fully saturated rings. The number of rotatable bonds is 7. The number of benzene rings is 1. The van der Waals surface area contributed by atoms with Crippen LogP contribution in [0.4, 0.5) is 4.79 Å². The Hall–Kier alpha value is -2.87. The van der Waals surface area contributed by atoms with Crippen molar-refractivity contribution in [1.29, 1.82) is 0 Å². The molecular formula is C21H28N2O6. The number of ether oxygens (including phenoxy) is 2. The summed E-state index contributed by atoms with van der Waals surface area (Å²) < 4.78 is 15.6. The fourth-order valence-corrected chi connectivity index (χ4v) is 2.67. The second kappa shape index (κ2) is 9.56. The lowest BCUT2D eigenvalue weighted by atomic mass is 10.1. The van der Waals surface area contributed by atoms with Gasteiger partial charge in [-0.1, -0.05) is 0 Å². The van der Waals surface area contributed by atoms with Gasteiger partial charge in [0.1, 0.15) is 23.0 Å². The smallest absolute Gasteiger partial charge is 0.407 e. The lowest BCUT2D eigenvalue weighted by Crippen LogP contribution is -2.35. The first kappa shape index (κ1) is 22.4. The molecule has 0 aliphatic carbocycles. The molecule has 8 heteroatoms. The van der Waals surface area contributed by atoms with Crippen LogP contribution in [0.3, 0.4) is 0 Å². The van der Waals surface area contributed by atoms with E-state index in [1.807, 2.05) is 0 Å². The second-order valence-electron chi connectivity index (χ2n) is 7.86. The Kier molecular flexibility index (Phi) is 7.39. The van der Waals surface area contributed by atoms with Crippen LogP contribution in [0.1, 0.15) is 45.6 Å². The number of hydrogen-bond donors (Lipinski definition) is 2. The zero-order chi connectivity index (χ0) is 21.6. The van der Waals surface area contributed by atoms with Crippen molar-refractivity contribution in [3.05, 3.63) is 40.2 Å². The van der Waals surface area contributed by atoms with Crippen LogP contribution >= 0.6 is 0 Å². The minimum Gasteiger partial charge on any atom is -0.444 e. The maximum absolute atomic E-state index is 12.2. The Bertz CT molecular complexity index is 929. The molecule has 0 aliphatic rings. The SMILES string of the molecule is Cc1cc(=O)oc2cc(OC(=O)[C@@H](N)CCCCNC(=O)OC(C)(C)C)ccc12. The molecule has 1 amide bonds. The van der Waals surface area contributed by atoms with E-state index in [9.17, 15) is 14.4 Å². The lowest BCUT2D eigenvalue weighted by Gasteiger charge is -2.19. The van der Waals surface area contributed by atoms with Gasteiger partial charge in [0.05, 0.1) is 0 Å². The predicted octanol–water partition coefficient (Wildman–Crippen LogP) is 3.03. The van der Waals surface area contributed by atoms with Crippen LogP contribution in [0.2, 0.25) is 0 Å². The number of hydrogen-bond acceptors (Lipinski definition) is 7. The molecule has 8 nitrogen and oxygen atoms in total. The van der Waals surface area contributed by atoms with Gasteiger partial charge in [-0.2, -0.15) is 0 Å². The van der Waals surface area contributed by atoms with Crippen molar-refractivity contribution in [2.24, 2.45) is 5.73 Å². The van der Waals surface area contributed by atoms with E-state index in [1.165, 1.54) is 12.1 Å². The summed E-state index contributed by atoms with van der Waals surface area (Å²) in [7, 11) is 0. The summed E-state index contributed by atoms with van der Waals surface area (Å²) >= 11 is 0. The molecule has 1 atom stereocenters. The molecular weight excluding hydrogens is 376 g/mol. The minimum absolute atomic E-state index is 0.262. The Morgan fingerprint density at radius 2 is 1.93 bits per heavy atom. The van der Waals surface area contributed by atoms with E-state index in [4.69, 9.17) is 19.6 Å². The van der Waals surface area contributed by atoms with Crippen LogP contribution in [0.15, 0.2) is 33.5 Å². The quantitative estimate of drug-likeness (QED) is 0.315. The predicted molar refractivity (Wildman–Crippen MR) is 109 cm³/mol. The van der Waals surface area contributed by atoms with Crippen molar-refractivity contribution in [3.63, 3.8) is 0 Å². The first-order valence-electron chi connectivity index (χ1n) is 9.54. The van der Waals surface area contributed by atoms with Crippen molar-refractivity contribution in [3.8, 4) is 5.75 Å². The normalized spacial score (nSPS) is 12.4. The molecule has 29 heavy (non-hydrogen) atoms. The van der Waals surface area contributed by atoms with Crippen molar-refractivity contribution in [2.75, 3.05) is 6.54 Å². The Balaban J connectivity index is 1.78. The number of nitrogens with one attached hydrogen (secondary N) is 1. The summed E-state index contributed by atoms with van der Waals surface area (Å²) in [6.45, 7) is 7.61. The lowest BCUT2D eigenvalue weighted by molar-refractivity contribution is -0.136. The first-order chi connectivity index (χ1) is 13.5. The molecule has 1 heterocycles. The zero-order valence-corrected chi connectivity index (χ0v) is 17.2. The third-order valence-corrected chi connectivity index (χ3v) is 4.05. The topological polar surface area (TPSA) is 121 Å². The third kappa shape index (κ3) is 7.23. The number of nitrogens with two attached hydrogens (primary N) is 1. The van der Waals surface area contributed by atoms with E-state index < -0.39 is 29.3 Å². The number of esters is 1. The summed E-state index contributed by atoms with van der Waals surface area (Å²) in [6.07, 6.45) is 1.23. The maximum atomic E-state index is 12.2. The standard InChI is InChI=1S/C21H28N2O6/c1-13-11-18(24)28-17-12-14(8-9-15(13)17)27-19(25)16(22)7-5-6-10-23-20(26)29-21(2,3)4/h8-9,11-12,16H,5-7,10,22H2,1-4H3,(H,23,26)/t16-/m0/s1. The highest BCUT2D eigenvalue weighted by Crippen LogP contribution is 2.22. The molecule has 2 rings (SSSR count). The third-order valence-electron chi connectivity index (χ3n) is 4.05. The highest BCUT2D eigenvalue weighted by atomic mass is 16.6. The number of carbonyl (C=O) groups is 2. The molecule has 1 aromatic carbocycles. The molecule has 0 saturated carbocycles. The Morgan fingerprint density at radius 3 is 2.62 bits per heavy atom. The van der Waals surface area contributed by atoms with Gasteiger partial charge in [-0.3, -0.25) is 0 Å². The molecule has 2 aromatic rings. The number of amides is 1. The Labute approximate surface area is 169 Å². The van der Waals surface area contributed by atoms with Gasteiger partial charge in [-0.05, 0) is 64.7 Å². The molecule has 0 unspecified atom stereocenters. The summed E-state index contributed by atoms with van der Waals surface area (Å²) in [5.74, 6) is -0.308. The van der Waals surface area contributed by atoms with Crippen LogP contribution in [-0.2, 0) is 9.53 Å². The van der Waals surface area contributed by atoms with Gasteiger partial charge in [0.2, 0.25) is 0 Å². The van der Waals surface area contributed by atoms with Gasteiger partial charge in [0, 0.05) is 24.1 Å². The van der Waals surface area contributed by atoms with E-state index in [0.717, 1.165) is 10.9 Å². The minimum atomic E-state index is -0.795. The average Bonchev–Trinajstić information content (AvgIpc) is 2.59. The fourth-order valence-electron chi connectivity index (χ4n) is 2.67. The maximum Gasteiger partial charge on any atom is 0.407 e. The number of alkyl carbamates (subject to hydrolysis) is 1. The zero-order valence-electron chi connectivity index (χ0n) is 17.2. The van der Waals surface area contributed by atoms with Crippen LogP contribution < -0.4 is 21.4 Å². The Morgan fingerprint density at radius 1 is 1.21 bits per heavy atom. The van der Waals surface area contributed by atoms with Gasteiger partial charge in [0.25, 0.3) is 0 Å². The van der Waals surface area contributed by atoms with Gasteiger partial charge in [-0.25, -0.2) is 14.4 Å². The van der Waals surface area contributed by atoms with Crippen molar-refractivity contribution in [2.45, 2.75) is 58.6 Å². The summed E-state index contributed by atoms with van der Waals surface area (Å²) in [5.41, 5.74) is 6.02. The first-order valence-corrected chi connectivity index (χ1v) is 9.54. The number of aryl methyl sites for hydroxylation is 1. The molecule has 0 saturated heterocycles. The van der Waals surface area contributed by atoms with Crippen LogP contribution in [0.25, 0.3) is 11.0 Å². The van der Waals surface area contributed by atoms with Gasteiger partial charge < -0.3 is 24.9 Å². The number of unbranched alkanes of at least 4 members (excludes halogenated alkanes) is 1. The van der Waals surface area contributed by atoms with Gasteiger partial charge >= 0.3 is 17.7 Å². The van der Waals surface area contributed by atoms with E-state index in [0.29, 0.717) is 31.4 Å².